The smallest absolute Gasteiger partial charge is 0.360 e. The maximum absolute atomic E-state index is 12.9. The maximum atomic E-state index is 12.9. The van der Waals surface area contributed by atoms with Gasteiger partial charge in [0.1, 0.15) is 17.8 Å². The van der Waals surface area contributed by atoms with Crippen molar-refractivity contribution in [1.82, 2.24) is 10.6 Å². The maximum Gasteiger partial charge on any atom is 0.360 e. The molecular weight excluding hydrogens is 454 g/mol. The minimum absolute atomic E-state index is 0.0982. The number of hydrogen-bond donors (Lipinski definition) is 5. The van der Waals surface area contributed by atoms with Gasteiger partial charge in [-0.15, -0.1) is 5.11 Å². The van der Waals surface area contributed by atoms with Gasteiger partial charge in [0.15, 0.2) is 5.96 Å². The Morgan fingerprint density at radius 2 is 1.69 bits per heavy atom. The highest BCUT2D eigenvalue weighted by Gasteiger charge is 2.26. The van der Waals surface area contributed by atoms with Gasteiger partial charge >= 0.3 is 12.0 Å². The summed E-state index contributed by atoms with van der Waals surface area (Å²) in [6.07, 6.45) is 0.554. The van der Waals surface area contributed by atoms with Crippen LogP contribution < -0.4 is 26.8 Å². The second kappa shape index (κ2) is 13.9. The molecule has 35 heavy (non-hydrogen) atoms. The SMILES string of the molecule is COc1ccc(N=NC(=O)N[C@@H](Cc2ccccc2)C(=O)NC(CCCN=C(N)N)C(=O)O)cc1. The van der Waals surface area contributed by atoms with Crippen LogP contribution in [0.15, 0.2) is 69.8 Å². The van der Waals surface area contributed by atoms with Crippen LogP contribution in [0, 0.1) is 0 Å². The van der Waals surface area contributed by atoms with Crippen molar-refractivity contribution in [3.63, 3.8) is 0 Å². The van der Waals surface area contributed by atoms with E-state index in [0.29, 0.717) is 17.9 Å². The summed E-state index contributed by atoms with van der Waals surface area (Å²) in [6.45, 7) is 0.220. The molecule has 0 radical (unpaired) electrons. The number of urea groups is 1. The fourth-order valence-corrected chi connectivity index (χ4v) is 3.02. The van der Waals surface area contributed by atoms with Crippen LogP contribution in [0.25, 0.3) is 0 Å². The van der Waals surface area contributed by atoms with Crippen molar-refractivity contribution >= 4 is 29.6 Å². The van der Waals surface area contributed by atoms with Crippen molar-refractivity contribution in [2.75, 3.05) is 13.7 Å². The van der Waals surface area contributed by atoms with Gasteiger partial charge in [-0.2, -0.15) is 0 Å². The lowest BCUT2D eigenvalue weighted by Crippen LogP contribution is -2.52. The molecule has 1 unspecified atom stereocenters. The summed E-state index contributed by atoms with van der Waals surface area (Å²) in [4.78, 5) is 40.8. The fraction of sp³-hybridized carbons (Fsp3) is 0.304. The number of carbonyl (C=O) groups is 3. The molecule has 7 N–H and O–H groups in total. The zero-order chi connectivity index (χ0) is 25.6. The van der Waals surface area contributed by atoms with E-state index in [4.69, 9.17) is 16.2 Å². The largest absolute Gasteiger partial charge is 0.497 e. The molecule has 0 saturated heterocycles. The van der Waals surface area contributed by atoms with Crippen molar-refractivity contribution in [1.29, 1.82) is 0 Å². The molecule has 2 rings (SSSR count). The number of methoxy groups -OCH3 is 1. The van der Waals surface area contributed by atoms with Gasteiger partial charge in [-0.25, -0.2) is 9.59 Å². The van der Waals surface area contributed by atoms with E-state index in [1.165, 1.54) is 7.11 Å². The number of amides is 3. The first kappa shape index (κ1) is 26.8. The third-order valence-electron chi connectivity index (χ3n) is 4.79. The van der Waals surface area contributed by atoms with Crippen molar-refractivity contribution in [3.8, 4) is 5.75 Å². The summed E-state index contributed by atoms with van der Waals surface area (Å²) >= 11 is 0. The number of benzene rings is 2. The standard InChI is InChI=1S/C23H29N7O5/c1-35-17-11-9-16(10-12-17)29-30-23(34)28-19(14-15-6-3-2-4-7-15)20(31)27-18(21(32)33)8-5-13-26-22(24)25/h2-4,6-7,9-12,18-19H,5,8,13-14H2,1H3,(H,27,31)(H,28,34)(H,32,33)(H4,24,25,26)/t18?,19-/m0/s1. The van der Waals surface area contributed by atoms with E-state index >= 15 is 0 Å². The number of ether oxygens (including phenoxy) is 1. The minimum Gasteiger partial charge on any atom is -0.497 e. The van der Waals surface area contributed by atoms with Gasteiger partial charge in [0.2, 0.25) is 5.91 Å². The minimum atomic E-state index is -1.22. The Kier molecular flexibility index (Phi) is 10.7. The summed E-state index contributed by atoms with van der Waals surface area (Å²) < 4.78 is 5.06. The molecule has 0 aliphatic carbocycles. The third-order valence-corrected chi connectivity index (χ3v) is 4.79. The van der Waals surface area contributed by atoms with E-state index in [2.05, 4.69) is 25.9 Å². The lowest BCUT2D eigenvalue weighted by atomic mass is 10.0. The average molecular weight is 484 g/mol. The molecule has 0 fully saturated rings. The van der Waals surface area contributed by atoms with Gasteiger partial charge < -0.3 is 31.9 Å². The molecule has 0 heterocycles. The van der Waals surface area contributed by atoms with E-state index in [9.17, 15) is 19.5 Å². The predicted octanol–water partition coefficient (Wildman–Crippen LogP) is 1.72. The molecule has 2 aromatic carbocycles. The normalized spacial score (nSPS) is 12.4. The van der Waals surface area contributed by atoms with Gasteiger partial charge in [-0.05, 0) is 42.7 Å². The van der Waals surface area contributed by atoms with E-state index in [0.717, 1.165) is 5.56 Å². The molecule has 0 bridgehead atoms. The van der Waals surface area contributed by atoms with E-state index < -0.39 is 30.0 Å². The Bertz CT molecular complexity index is 1040. The van der Waals surface area contributed by atoms with Crippen molar-refractivity contribution in [2.24, 2.45) is 26.7 Å². The molecule has 186 valence electrons. The van der Waals surface area contributed by atoms with Gasteiger partial charge in [0, 0.05) is 13.0 Å². The van der Waals surface area contributed by atoms with Crippen LogP contribution in [0.4, 0.5) is 10.5 Å². The summed E-state index contributed by atoms with van der Waals surface area (Å²) in [5, 5.41) is 21.9. The summed E-state index contributed by atoms with van der Waals surface area (Å²) in [5.74, 6) is -1.36. The van der Waals surface area contributed by atoms with E-state index in [1.54, 1.807) is 48.5 Å². The van der Waals surface area contributed by atoms with E-state index in [-0.39, 0.29) is 25.3 Å². The van der Waals surface area contributed by atoms with Gasteiger partial charge in [0.25, 0.3) is 0 Å². The molecule has 0 aromatic heterocycles. The Labute approximate surface area is 202 Å². The topological polar surface area (TPSA) is 194 Å². The Morgan fingerprint density at radius 1 is 1.00 bits per heavy atom. The van der Waals surface area contributed by atoms with E-state index in [1.807, 2.05) is 6.07 Å². The van der Waals surface area contributed by atoms with Gasteiger partial charge in [0.05, 0.1) is 12.8 Å². The number of nitrogens with one attached hydrogen (secondary N) is 2. The van der Waals surface area contributed by atoms with Crippen LogP contribution in [0.2, 0.25) is 0 Å². The molecule has 0 aliphatic rings. The molecule has 0 saturated carbocycles. The zero-order valence-corrected chi connectivity index (χ0v) is 19.3. The molecule has 12 nitrogen and oxygen atoms in total. The van der Waals surface area contributed by atoms with Crippen LogP contribution in [0.1, 0.15) is 18.4 Å². The molecular formula is C23H29N7O5. The first-order valence-corrected chi connectivity index (χ1v) is 10.8. The first-order valence-electron chi connectivity index (χ1n) is 10.8. The molecule has 0 aliphatic heterocycles. The van der Waals surface area contributed by atoms with Crippen molar-refractivity contribution < 1.29 is 24.2 Å². The quantitative estimate of drug-likeness (QED) is 0.131. The molecule has 3 amide bonds. The number of aliphatic imine (C=N–C) groups is 1. The number of azo groups is 1. The van der Waals surface area contributed by atoms with Crippen LogP contribution in [0.5, 0.6) is 5.75 Å². The van der Waals surface area contributed by atoms with Crippen molar-refractivity contribution in [2.45, 2.75) is 31.3 Å². The fourth-order valence-electron chi connectivity index (χ4n) is 3.02. The number of nitrogens with two attached hydrogens (primary N) is 2. The summed E-state index contributed by atoms with van der Waals surface area (Å²) in [6, 6.07) is 12.4. The zero-order valence-electron chi connectivity index (χ0n) is 19.3. The Morgan fingerprint density at radius 3 is 2.29 bits per heavy atom. The number of carboxylic acids is 1. The average Bonchev–Trinajstić information content (AvgIpc) is 2.84. The number of aliphatic carboxylic acids is 1. The lowest BCUT2D eigenvalue weighted by Gasteiger charge is -2.20. The van der Waals surface area contributed by atoms with Crippen molar-refractivity contribution in [3.05, 3.63) is 60.2 Å². The number of hydrogen-bond acceptors (Lipinski definition) is 6. The molecule has 2 atom stereocenters. The number of carbonyl (C=O) groups excluding carboxylic acids is 2. The summed E-state index contributed by atoms with van der Waals surface area (Å²) in [7, 11) is 1.53. The highest BCUT2D eigenvalue weighted by atomic mass is 16.5. The predicted molar refractivity (Wildman–Crippen MR) is 129 cm³/mol. The van der Waals surface area contributed by atoms with Gasteiger partial charge in [-0.3, -0.25) is 9.79 Å². The second-order valence-corrected chi connectivity index (χ2v) is 7.44. The third kappa shape index (κ3) is 9.90. The number of carboxylic acid groups (broad SMARTS) is 1. The number of rotatable bonds is 12. The van der Waals surface area contributed by atoms with Gasteiger partial charge in [-0.1, -0.05) is 35.4 Å². The highest BCUT2D eigenvalue weighted by Crippen LogP contribution is 2.18. The lowest BCUT2D eigenvalue weighted by molar-refractivity contribution is -0.142. The Balaban J connectivity index is 2.08. The van der Waals surface area contributed by atoms with Crippen LogP contribution in [-0.2, 0) is 16.0 Å². The highest BCUT2D eigenvalue weighted by molar-refractivity contribution is 5.90. The number of nitrogens with zero attached hydrogens (tertiary/aromatic N) is 3. The number of guanidine groups is 1. The molecule has 2 aromatic rings. The van der Waals surface area contributed by atoms with Crippen LogP contribution in [-0.4, -0.2) is 54.7 Å². The van der Waals surface area contributed by atoms with Crippen LogP contribution >= 0.6 is 0 Å². The molecule has 0 spiro atoms. The van der Waals surface area contributed by atoms with Crippen LogP contribution in [0.3, 0.4) is 0 Å². The Hall–Kier alpha value is -4.48. The molecule has 12 heteroatoms. The first-order chi connectivity index (χ1) is 16.8. The summed E-state index contributed by atoms with van der Waals surface area (Å²) in [5.41, 5.74) is 11.7. The monoisotopic (exact) mass is 483 g/mol. The second-order valence-electron chi connectivity index (χ2n) is 7.44.